The number of hydrogen-bond donors (Lipinski definition) is 2. The first-order valence-electron chi connectivity index (χ1n) is 6.26. The minimum absolute atomic E-state index is 0.0289. The maximum atomic E-state index is 12.4. The number of thiazole rings is 1. The third-order valence-corrected chi connectivity index (χ3v) is 4.89. The van der Waals surface area contributed by atoms with Crippen molar-refractivity contribution in [2.45, 2.75) is 18.6 Å². The van der Waals surface area contributed by atoms with Gasteiger partial charge in [0.15, 0.2) is 0 Å². The topological polar surface area (TPSA) is 90.7 Å². The molecule has 0 aliphatic carbocycles. The Kier molecular flexibility index (Phi) is 3.75. The van der Waals surface area contributed by atoms with E-state index in [9.17, 15) is 14.7 Å². The number of carboxylic acids is 1. The minimum atomic E-state index is -1.10. The summed E-state index contributed by atoms with van der Waals surface area (Å²) in [6.45, 7) is 0.0289. The van der Waals surface area contributed by atoms with Crippen molar-refractivity contribution in [3.8, 4) is 10.6 Å². The number of aliphatic hydroxyl groups is 1. The van der Waals surface area contributed by atoms with Crippen LogP contribution < -0.4 is 0 Å². The van der Waals surface area contributed by atoms with E-state index in [1.165, 1.54) is 16.2 Å². The number of nitrogens with zero attached hydrogens (tertiary/aromatic N) is 2. The summed E-state index contributed by atoms with van der Waals surface area (Å²) in [6, 6.07) is 0.927. The summed E-state index contributed by atoms with van der Waals surface area (Å²) in [6.07, 6.45) is -0.743. The molecule has 1 aliphatic heterocycles. The fraction of sp³-hybridized carbons (Fsp3) is 0.308. The first kappa shape index (κ1) is 14.2. The van der Waals surface area contributed by atoms with Gasteiger partial charge in [-0.2, -0.15) is 11.3 Å². The van der Waals surface area contributed by atoms with E-state index in [0.29, 0.717) is 0 Å². The fourth-order valence-corrected chi connectivity index (χ4v) is 3.82. The number of thiophene rings is 1. The number of β-amino-alcohol motifs (C(OH)–C–C–N with tert-alkyl or cyclic N) is 1. The molecule has 0 spiro atoms. The molecule has 1 saturated heterocycles. The molecule has 0 saturated carbocycles. The van der Waals surface area contributed by atoms with Gasteiger partial charge in [0.1, 0.15) is 16.7 Å². The number of carboxylic acid groups (broad SMARTS) is 1. The highest BCUT2D eigenvalue weighted by Gasteiger charge is 2.39. The molecule has 8 heteroatoms. The Morgan fingerprint density at radius 2 is 2.19 bits per heavy atom. The molecule has 6 nitrogen and oxygen atoms in total. The number of amides is 1. The number of likely N-dealkylation sites (tertiary alicyclic amines) is 1. The van der Waals surface area contributed by atoms with Crippen molar-refractivity contribution in [1.29, 1.82) is 0 Å². The molecule has 1 aliphatic rings. The van der Waals surface area contributed by atoms with Crippen LogP contribution in [0.4, 0.5) is 0 Å². The van der Waals surface area contributed by atoms with Gasteiger partial charge in [-0.15, -0.1) is 11.3 Å². The van der Waals surface area contributed by atoms with E-state index in [1.807, 2.05) is 16.8 Å². The summed E-state index contributed by atoms with van der Waals surface area (Å²) in [5.74, 6) is -1.55. The number of hydrogen-bond acceptors (Lipinski definition) is 6. The van der Waals surface area contributed by atoms with Crippen LogP contribution in [0, 0.1) is 0 Å². The predicted molar refractivity (Wildman–Crippen MR) is 78.5 cm³/mol. The Labute approximate surface area is 128 Å². The van der Waals surface area contributed by atoms with Crippen LogP contribution in [0.1, 0.15) is 16.9 Å². The van der Waals surface area contributed by atoms with E-state index in [4.69, 9.17) is 5.11 Å². The van der Waals surface area contributed by atoms with Gasteiger partial charge in [0.25, 0.3) is 5.91 Å². The van der Waals surface area contributed by atoms with Gasteiger partial charge < -0.3 is 15.1 Å². The van der Waals surface area contributed by atoms with E-state index in [-0.39, 0.29) is 18.7 Å². The summed E-state index contributed by atoms with van der Waals surface area (Å²) in [5, 5.41) is 24.9. The van der Waals surface area contributed by atoms with Crippen molar-refractivity contribution in [1.82, 2.24) is 9.88 Å². The molecule has 1 fully saturated rings. The summed E-state index contributed by atoms with van der Waals surface area (Å²) in [4.78, 5) is 29.0. The lowest BCUT2D eigenvalue weighted by Gasteiger charge is -2.19. The van der Waals surface area contributed by atoms with Crippen LogP contribution in [0.3, 0.4) is 0 Å². The first-order chi connectivity index (χ1) is 10.1. The van der Waals surface area contributed by atoms with Crippen molar-refractivity contribution in [3.63, 3.8) is 0 Å². The fourth-order valence-electron chi connectivity index (χ4n) is 2.31. The zero-order valence-corrected chi connectivity index (χ0v) is 12.4. The molecule has 1 amide bonds. The summed E-state index contributed by atoms with van der Waals surface area (Å²) in [7, 11) is 0. The van der Waals surface area contributed by atoms with Crippen molar-refractivity contribution in [2.75, 3.05) is 6.54 Å². The summed E-state index contributed by atoms with van der Waals surface area (Å²) < 4.78 is 0. The largest absolute Gasteiger partial charge is 0.480 e. The molecule has 2 aromatic heterocycles. The molecule has 21 heavy (non-hydrogen) atoms. The molecule has 0 aromatic carbocycles. The van der Waals surface area contributed by atoms with Gasteiger partial charge in [0, 0.05) is 29.3 Å². The zero-order chi connectivity index (χ0) is 15.0. The molecular weight excluding hydrogens is 312 g/mol. The number of aliphatic hydroxyl groups excluding tert-OH is 1. The average Bonchev–Trinajstić information content (AvgIpc) is 3.17. The van der Waals surface area contributed by atoms with Gasteiger partial charge in [-0.05, 0) is 11.4 Å². The standard InChI is InChI=1S/C13H12N2O4S2/c16-8-3-10(13(18)19)15(4-8)12(17)9-6-21-11(14-9)7-1-2-20-5-7/h1-2,5-6,8,10,16H,3-4H2,(H,18,19). The van der Waals surface area contributed by atoms with Gasteiger partial charge >= 0.3 is 5.97 Å². The van der Waals surface area contributed by atoms with Gasteiger partial charge in [0.2, 0.25) is 0 Å². The second-order valence-electron chi connectivity index (χ2n) is 4.75. The molecule has 2 N–H and O–H groups in total. The van der Waals surface area contributed by atoms with Gasteiger partial charge in [-0.25, -0.2) is 9.78 Å². The smallest absolute Gasteiger partial charge is 0.326 e. The van der Waals surface area contributed by atoms with E-state index in [2.05, 4.69) is 4.98 Å². The van der Waals surface area contributed by atoms with Crippen molar-refractivity contribution in [2.24, 2.45) is 0 Å². The Morgan fingerprint density at radius 3 is 2.86 bits per heavy atom. The second-order valence-corrected chi connectivity index (χ2v) is 6.39. The van der Waals surface area contributed by atoms with Gasteiger partial charge in [0.05, 0.1) is 6.10 Å². The summed E-state index contributed by atoms with van der Waals surface area (Å²) >= 11 is 2.89. The molecule has 3 heterocycles. The number of aliphatic carboxylic acids is 1. The van der Waals surface area contributed by atoms with Crippen molar-refractivity contribution >= 4 is 34.6 Å². The minimum Gasteiger partial charge on any atom is -0.480 e. The van der Waals surface area contributed by atoms with E-state index in [0.717, 1.165) is 10.6 Å². The van der Waals surface area contributed by atoms with E-state index < -0.39 is 24.0 Å². The van der Waals surface area contributed by atoms with Gasteiger partial charge in [-0.3, -0.25) is 4.79 Å². The maximum Gasteiger partial charge on any atom is 0.326 e. The van der Waals surface area contributed by atoms with E-state index in [1.54, 1.807) is 16.7 Å². The number of rotatable bonds is 3. The molecule has 0 bridgehead atoms. The quantitative estimate of drug-likeness (QED) is 0.893. The van der Waals surface area contributed by atoms with Crippen LogP contribution in [-0.4, -0.2) is 50.7 Å². The Hall–Kier alpha value is -1.77. The van der Waals surface area contributed by atoms with Crippen molar-refractivity contribution < 1.29 is 19.8 Å². The average molecular weight is 324 g/mol. The predicted octanol–water partition coefficient (Wildman–Crippen LogP) is 1.53. The van der Waals surface area contributed by atoms with E-state index >= 15 is 0 Å². The highest BCUT2D eigenvalue weighted by molar-refractivity contribution is 7.14. The third-order valence-electron chi connectivity index (χ3n) is 3.32. The lowest BCUT2D eigenvalue weighted by atomic mass is 10.2. The highest BCUT2D eigenvalue weighted by Crippen LogP contribution is 2.27. The number of aromatic nitrogens is 1. The lowest BCUT2D eigenvalue weighted by molar-refractivity contribution is -0.141. The molecule has 110 valence electrons. The van der Waals surface area contributed by atoms with Crippen LogP contribution in [0.5, 0.6) is 0 Å². The second kappa shape index (κ2) is 5.55. The Balaban J connectivity index is 1.83. The number of carbonyl (C=O) groups is 2. The summed E-state index contributed by atoms with van der Waals surface area (Å²) in [5.41, 5.74) is 1.17. The molecular formula is C13H12N2O4S2. The Morgan fingerprint density at radius 1 is 1.38 bits per heavy atom. The van der Waals surface area contributed by atoms with Crippen LogP contribution in [0.25, 0.3) is 10.6 Å². The van der Waals surface area contributed by atoms with Crippen LogP contribution in [-0.2, 0) is 4.79 Å². The highest BCUT2D eigenvalue weighted by atomic mass is 32.1. The van der Waals surface area contributed by atoms with Crippen LogP contribution in [0.15, 0.2) is 22.2 Å². The molecule has 2 atom stereocenters. The monoisotopic (exact) mass is 324 g/mol. The van der Waals surface area contributed by atoms with Crippen molar-refractivity contribution in [3.05, 3.63) is 27.9 Å². The molecule has 2 aromatic rings. The first-order valence-corrected chi connectivity index (χ1v) is 8.08. The SMILES string of the molecule is O=C(O)C1CC(O)CN1C(=O)c1csc(-c2ccsc2)n1. The normalized spacial score (nSPS) is 21.7. The van der Waals surface area contributed by atoms with Crippen LogP contribution >= 0.6 is 22.7 Å². The number of carbonyl (C=O) groups excluding carboxylic acids is 1. The zero-order valence-electron chi connectivity index (χ0n) is 10.8. The maximum absolute atomic E-state index is 12.4. The molecule has 0 radical (unpaired) electrons. The molecule has 3 rings (SSSR count). The lowest BCUT2D eigenvalue weighted by Crippen LogP contribution is -2.40. The third kappa shape index (κ3) is 2.69. The Bertz CT molecular complexity index is 668. The van der Waals surface area contributed by atoms with Crippen LogP contribution in [0.2, 0.25) is 0 Å². The molecule has 2 unspecified atom stereocenters. The van der Waals surface area contributed by atoms with Gasteiger partial charge in [-0.1, -0.05) is 0 Å².